The number of carbonyl (C=O) groups excluding carboxylic acids is 1. The maximum absolute atomic E-state index is 13.8. The summed E-state index contributed by atoms with van der Waals surface area (Å²) in [4.78, 5) is 42.9. The zero-order valence-corrected chi connectivity index (χ0v) is 23.9. The van der Waals surface area contributed by atoms with Crippen molar-refractivity contribution in [3.8, 4) is 11.5 Å². The standard InChI is InChI=1S/C31H27N3O7S/c1-4-40-30(36)27-19(2)32-31-33(28(27)21-12-14-23(39-3)15-13-21)29(35)26(42-31)17-20-8-7-10-24(16-20)41-18-22-9-5-6-11-25(22)34(37)38/h5-17,28H,4,18H2,1-3H3/b26-17+/t28-/m0/s1. The fourth-order valence-electron chi connectivity index (χ4n) is 4.71. The number of ether oxygens (including phenoxy) is 3. The molecule has 0 spiro atoms. The highest BCUT2D eigenvalue weighted by Crippen LogP contribution is 2.31. The normalized spacial score (nSPS) is 14.6. The molecule has 0 N–H and O–H groups in total. The van der Waals surface area contributed by atoms with Gasteiger partial charge in [-0.3, -0.25) is 19.5 Å². The van der Waals surface area contributed by atoms with E-state index in [0.717, 1.165) is 0 Å². The topological polar surface area (TPSA) is 122 Å². The number of carbonyl (C=O) groups is 1. The Labute approximate surface area is 244 Å². The predicted octanol–water partition coefficient (Wildman–Crippen LogP) is 4.29. The second-order valence-corrected chi connectivity index (χ2v) is 10.3. The van der Waals surface area contributed by atoms with E-state index in [1.165, 1.54) is 22.0 Å². The number of aromatic nitrogens is 1. The number of methoxy groups -OCH3 is 1. The molecule has 10 nitrogen and oxygen atoms in total. The Bertz CT molecular complexity index is 1870. The number of fused-ring (bicyclic) bond motifs is 1. The van der Waals surface area contributed by atoms with E-state index < -0.39 is 16.9 Å². The quantitative estimate of drug-likeness (QED) is 0.163. The molecule has 0 radical (unpaired) electrons. The highest BCUT2D eigenvalue weighted by atomic mass is 32.1. The predicted molar refractivity (Wildman–Crippen MR) is 157 cm³/mol. The summed E-state index contributed by atoms with van der Waals surface area (Å²) < 4.78 is 18.4. The fraction of sp³-hybridized carbons (Fsp3) is 0.194. The summed E-state index contributed by atoms with van der Waals surface area (Å²) in [7, 11) is 1.57. The molecule has 2 heterocycles. The number of thiazole rings is 1. The van der Waals surface area contributed by atoms with Crippen molar-refractivity contribution in [2.45, 2.75) is 26.5 Å². The summed E-state index contributed by atoms with van der Waals surface area (Å²) in [5.41, 5.74) is 2.32. The van der Waals surface area contributed by atoms with Crippen LogP contribution in [0.2, 0.25) is 0 Å². The molecule has 0 saturated carbocycles. The molecule has 214 valence electrons. The Hall–Kier alpha value is -5.03. The lowest BCUT2D eigenvalue weighted by atomic mass is 9.96. The summed E-state index contributed by atoms with van der Waals surface area (Å²) in [6, 6.07) is 20.0. The van der Waals surface area contributed by atoms with Crippen LogP contribution in [0, 0.1) is 10.1 Å². The number of esters is 1. The van der Waals surface area contributed by atoms with Gasteiger partial charge in [-0.2, -0.15) is 0 Å². The number of para-hydroxylation sites is 1. The molecule has 1 aromatic heterocycles. The van der Waals surface area contributed by atoms with Gasteiger partial charge in [0.05, 0.1) is 46.0 Å². The highest BCUT2D eigenvalue weighted by molar-refractivity contribution is 7.07. The molecule has 1 aliphatic heterocycles. The van der Waals surface area contributed by atoms with Gasteiger partial charge in [0.1, 0.15) is 18.1 Å². The van der Waals surface area contributed by atoms with E-state index in [1.807, 2.05) is 18.2 Å². The molecule has 3 aromatic carbocycles. The van der Waals surface area contributed by atoms with E-state index in [0.29, 0.717) is 48.8 Å². The number of rotatable bonds is 9. The van der Waals surface area contributed by atoms with Crippen molar-refractivity contribution in [1.82, 2.24) is 4.57 Å². The average molecular weight is 586 g/mol. The van der Waals surface area contributed by atoms with Crippen molar-refractivity contribution in [3.63, 3.8) is 0 Å². The van der Waals surface area contributed by atoms with Crippen LogP contribution in [0.5, 0.6) is 11.5 Å². The molecule has 0 saturated heterocycles. The molecule has 4 aromatic rings. The number of hydrogen-bond donors (Lipinski definition) is 0. The van der Waals surface area contributed by atoms with Gasteiger partial charge in [0, 0.05) is 6.07 Å². The summed E-state index contributed by atoms with van der Waals surface area (Å²) in [6.45, 7) is 3.66. The van der Waals surface area contributed by atoms with Gasteiger partial charge in [0.15, 0.2) is 4.80 Å². The fourth-order valence-corrected chi connectivity index (χ4v) is 5.76. The van der Waals surface area contributed by atoms with E-state index in [4.69, 9.17) is 14.2 Å². The van der Waals surface area contributed by atoms with Crippen LogP contribution in [0.25, 0.3) is 6.08 Å². The summed E-state index contributed by atoms with van der Waals surface area (Å²) in [5.74, 6) is 0.608. The SMILES string of the molecule is CCOC(=O)C1=C(C)N=c2s/c(=C/c3cccc(OCc4ccccc4[N+](=O)[O-])c3)c(=O)n2[C@H]1c1ccc(OC)cc1. The minimum absolute atomic E-state index is 0.0145. The number of nitro groups is 1. The summed E-state index contributed by atoms with van der Waals surface area (Å²) >= 11 is 1.22. The molecule has 0 unspecified atom stereocenters. The first kappa shape index (κ1) is 28.5. The van der Waals surface area contributed by atoms with Gasteiger partial charge in [0.25, 0.3) is 11.2 Å². The minimum atomic E-state index is -0.732. The Morgan fingerprint density at radius 3 is 2.57 bits per heavy atom. The van der Waals surface area contributed by atoms with Gasteiger partial charge in [-0.05, 0) is 61.4 Å². The number of nitrogens with zero attached hydrogens (tertiary/aromatic N) is 3. The average Bonchev–Trinajstić information content (AvgIpc) is 3.29. The van der Waals surface area contributed by atoms with Crippen LogP contribution in [-0.4, -0.2) is 29.2 Å². The number of allylic oxidation sites excluding steroid dienone is 1. The number of benzene rings is 3. The van der Waals surface area contributed by atoms with Crippen molar-refractivity contribution in [2.75, 3.05) is 13.7 Å². The second kappa shape index (κ2) is 12.2. The Morgan fingerprint density at radius 1 is 1.10 bits per heavy atom. The largest absolute Gasteiger partial charge is 0.497 e. The van der Waals surface area contributed by atoms with E-state index in [1.54, 1.807) is 75.6 Å². The van der Waals surface area contributed by atoms with Crippen molar-refractivity contribution in [3.05, 3.63) is 131 Å². The second-order valence-electron chi connectivity index (χ2n) is 9.32. The lowest BCUT2D eigenvalue weighted by molar-refractivity contribution is -0.385. The summed E-state index contributed by atoms with van der Waals surface area (Å²) in [6.07, 6.45) is 1.73. The molecule has 5 rings (SSSR count). The molecular weight excluding hydrogens is 558 g/mol. The molecule has 11 heteroatoms. The van der Waals surface area contributed by atoms with Crippen molar-refractivity contribution < 1.29 is 23.9 Å². The van der Waals surface area contributed by atoms with E-state index in [2.05, 4.69) is 4.99 Å². The highest BCUT2D eigenvalue weighted by Gasteiger charge is 2.33. The van der Waals surface area contributed by atoms with E-state index >= 15 is 0 Å². The van der Waals surface area contributed by atoms with Gasteiger partial charge in [0.2, 0.25) is 0 Å². The number of nitro benzene ring substituents is 1. The molecule has 0 amide bonds. The molecule has 0 bridgehead atoms. The molecule has 42 heavy (non-hydrogen) atoms. The van der Waals surface area contributed by atoms with Crippen LogP contribution in [0.3, 0.4) is 0 Å². The Kier molecular flexibility index (Phi) is 8.30. The molecule has 0 fully saturated rings. The van der Waals surface area contributed by atoms with Crippen molar-refractivity contribution >= 4 is 29.1 Å². The monoisotopic (exact) mass is 585 g/mol. The molecule has 1 aliphatic rings. The maximum atomic E-state index is 13.8. The maximum Gasteiger partial charge on any atom is 0.338 e. The third-order valence-electron chi connectivity index (χ3n) is 6.69. The molecule has 0 aliphatic carbocycles. The first-order valence-electron chi connectivity index (χ1n) is 13.1. The third-order valence-corrected chi connectivity index (χ3v) is 7.67. The van der Waals surface area contributed by atoms with Gasteiger partial charge in [-0.25, -0.2) is 9.79 Å². The molecule has 1 atom stereocenters. The van der Waals surface area contributed by atoms with E-state index in [-0.39, 0.29) is 24.5 Å². The summed E-state index contributed by atoms with van der Waals surface area (Å²) in [5, 5.41) is 11.3. The van der Waals surface area contributed by atoms with Crippen molar-refractivity contribution in [2.24, 2.45) is 4.99 Å². The molecular formula is C31H27N3O7S. The Morgan fingerprint density at radius 2 is 1.86 bits per heavy atom. The van der Waals surface area contributed by atoms with Gasteiger partial charge in [-0.1, -0.05) is 47.7 Å². The van der Waals surface area contributed by atoms with Crippen LogP contribution in [0.15, 0.2) is 93.9 Å². The van der Waals surface area contributed by atoms with Gasteiger partial charge < -0.3 is 14.2 Å². The Balaban J connectivity index is 1.53. The van der Waals surface area contributed by atoms with Crippen LogP contribution < -0.4 is 24.4 Å². The van der Waals surface area contributed by atoms with Crippen LogP contribution in [-0.2, 0) is 16.1 Å². The number of hydrogen-bond acceptors (Lipinski definition) is 9. The van der Waals surface area contributed by atoms with Crippen LogP contribution in [0.4, 0.5) is 5.69 Å². The first-order valence-corrected chi connectivity index (χ1v) is 13.9. The smallest absolute Gasteiger partial charge is 0.338 e. The zero-order valence-electron chi connectivity index (χ0n) is 23.1. The minimum Gasteiger partial charge on any atom is -0.497 e. The zero-order chi connectivity index (χ0) is 29.8. The van der Waals surface area contributed by atoms with Crippen molar-refractivity contribution in [1.29, 1.82) is 0 Å². The first-order chi connectivity index (χ1) is 20.3. The lowest BCUT2D eigenvalue weighted by Gasteiger charge is -2.24. The van der Waals surface area contributed by atoms with E-state index in [9.17, 15) is 19.7 Å². The van der Waals surface area contributed by atoms with Gasteiger partial charge in [-0.15, -0.1) is 0 Å². The third kappa shape index (κ3) is 5.72. The lowest BCUT2D eigenvalue weighted by Crippen LogP contribution is -2.39. The van der Waals surface area contributed by atoms with Crippen LogP contribution >= 0.6 is 11.3 Å². The van der Waals surface area contributed by atoms with Crippen LogP contribution in [0.1, 0.15) is 36.6 Å². The van der Waals surface area contributed by atoms with Gasteiger partial charge >= 0.3 is 5.97 Å².